The predicted octanol–water partition coefficient (Wildman–Crippen LogP) is 3.39. The van der Waals surface area contributed by atoms with E-state index in [1.54, 1.807) is 12.1 Å². The SMILES string of the molecule is CC1CCCC(c2ccc([N+](=O)[O-])cc2)OC(=O)C1. The summed E-state index contributed by atoms with van der Waals surface area (Å²) in [5, 5.41) is 10.6. The second kappa shape index (κ2) is 5.82. The number of rotatable bonds is 2. The summed E-state index contributed by atoms with van der Waals surface area (Å²) in [6.45, 7) is 2.05. The van der Waals surface area contributed by atoms with Crippen molar-refractivity contribution in [3.63, 3.8) is 0 Å². The van der Waals surface area contributed by atoms with Crippen molar-refractivity contribution in [2.24, 2.45) is 5.92 Å². The summed E-state index contributed by atoms with van der Waals surface area (Å²) < 4.78 is 5.44. The van der Waals surface area contributed by atoms with E-state index >= 15 is 0 Å². The molecule has 19 heavy (non-hydrogen) atoms. The lowest BCUT2D eigenvalue weighted by molar-refractivity contribution is -0.384. The molecule has 1 aliphatic rings. The molecule has 1 heterocycles. The molecule has 0 aromatic heterocycles. The number of benzene rings is 1. The minimum atomic E-state index is -0.435. The van der Waals surface area contributed by atoms with E-state index in [-0.39, 0.29) is 17.8 Å². The number of carbonyl (C=O) groups is 1. The maximum absolute atomic E-state index is 11.7. The Balaban J connectivity index is 2.11. The van der Waals surface area contributed by atoms with E-state index in [0.29, 0.717) is 12.3 Å². The molecule has 1 saturated heterocycles. The molecule has 0 N–H and O–H groups in total. The lowest BCUT2D eigenvalue weighted by Gasteiger charge is -2.23. The van der Waals surface area contributed by atoms with Crippen LogP contribution >= 0.6 is 0 Å². The molecule has 5 nitrogen and oxygen atoms in total. The zero-order valence-electron chi connectivity index (χ0n) is 10.9. The highest BCUT2D eigenvalue weighted by Crippen LogP contribution is 2.30. The average Bonchev–Trinajstić information content (AvgIpc) is 2.35. The first-order valence-electron chi connectivity index (χ1n) is 6.50. The number of ether oxygens (including phenoxy) is 1. The van der Waals surface area contributed by atoms with Gasteiger partial charge in [-0.25, -0.2) is 0 Å². The van der Waals surface area contributed by atoms with E-state index in [4.69, 9.17) is 4.74 Å². The van der Waals surface area contributed by atoms with E-state index in [1.807, 2.05) is 6.92 Å². The molecule has 0 radical (unpaired) electrons. The van der Waals surface area contributed by atoms with Crippen LogP contribution in [0.5, 0.6) is 0 Å². The minimum Gasteiger partial charge on any atom is -0.457 e. The third kappa shape index (κ3) is 3.53. The fraction of sp³-hybridized carbons (Fsp3) is 0.500. The number of carbonyl (C=O) groups excluding carboxylic acids is 1. The van der Waals surface area contributed by atoms with Crippen molar-refractivity contribution in [1.82, 2.24) is 0 Å². The zero-order chi connectivity index (χ0) is 13.8. The number of hydrogen-bond acceptors (Lipinski definition) is 4. The van der Waals surface area contributed by atoms with Crippen LogP contribution in [0.25, 0.3) is 0 Å². The second-order valence-corrected chi connectivity index (χ2v) is 5.07. The first kappa shape index (κ1) is 13.5. The van der Waals surface area contributed by atoms with E-state index in [2.05, 4.69) is 0 Å². The molecular weight excluding hydrogens is 246 g/mol. The number of non-ortho nitro benzene ring substituents is 1. The van der Waals surface area contributed by atoms with E-state index < -0.39 is 4.92 Å². The largest absolute Gasteiger partial charge is 0.457 e. The van der Waals surface area contributed by atoms with Crippen LogP contribution in [0.4, 0.5) is 5.69 Å². The van der Waals surface area contributed by atoms with Gasteiger partial charge in [-0.2, -0.15) is 0 Å². The van der Waals surface area contributed by atoms with E-state index in [1.165, 1.54) is 12.1 Å². The first-order valence-corrected chi connectivity index (χ1v) is 6.50. The van der Waals surface area contributed by atoms with Gasteiger partial charge in [0.05, 0.1) is 4.92 Å². The molecule has 5 heteroatoms. The second-order valence-electron chi connectivity index (χ2n) is 5.07. The van der Waals surface area contributed by atoms with Crippen LogP contribution in [0.3, 0.4) is 0 Å². The summed E-state index contributed by atoms with van der Waals surface area (Å²) in [5.74, 6) is 0.181. The molecule has 0 spiro atoms. The Morgan fingerprint density at radius 3 is 2.58 bits per heavy atom. The van der Waals surface area contributed by atoms with Gasteiger partial charge in [-0.3, -0.25) is 14.9 Å². The van der Waals surface area contributed by atoms with Gasteiger partial charge in [0.15, 0.2) is 0 Å². The van der Waals surface area contributed by atoms with Gasteiger partial charge in [0, 0.05) is 18.6 Å². The van der Waals surface area contributed by atoms with Crippen LogP contribution in [-0.4, -0.2) is 10.9 Å². The lowest BCUT2D eigenvalue weighted by atomic mass is 9.95. The summed E-state index contributed by atoms with van der Waals surface area (Å²) >= 11 is 0. The maximum Gasteiger partial charge on any atom is 0.306 e. The zero-order valence-corrected chi connectivity index (χ0v) is 10.9. The summed E-state index contributed by atoms with van der Waals surface area (Å²) in [6, 6.07) is 6.23. The van der Waals surface area contributed by atoms with Crippen LogP contribution in [0, 0.1) is 16.0 Å². The smallest absolute Gasteiger partial charge is 0.306 e. The molecule has 0 bridgehead atoms. The number of nitro groups is 1. The van der Waals surface area contributed by atoms with Gasteiger partial charge in [0.1, 0.15) is 6.10 Å². The highest BCUT2D eigenvalue weighted by molar-refractivity contribution is 5.70. The Hall–Kier alpha value is -1.91. The maximum atomic E-state index is 11.7. The van der Waals surface area contributed by atoms with Crippen LogP contribution in [0.2, 0.25) is 0 Å². The highest BCUT2D eigenvalue weighted by Gasteiger charge is 2.22. The Bertz CT molecular complexity index is 469. The third-order valence-electron chi connectivity index (χ3n) is 3.43. The molecule has 2 unspecified atom stereocenters. The molecule has 1 aromatic carbocycles. The Labute approximate surface area is 111 Å². The van der Waals surface area contributed by atoms with Crippen molar-refractivity contribution in [2.45, 2.75) is 38.7 Å². The first-order chi connectivity index (χ1) is 9.06. The van der Waals surface area contributed by atoms with Crippen molar-refractivity contribution < 1.29 is 14.5 Å². The van der Waals surface area contributed by atoms with Crippen molar-refractivity contribution >= 4 is 11.7 Å². The molecule has 102 valence electrons. The molecule has 1 aromatic rings. The van der Waals surface area contributed by atoms with Crippen LogP contribution < -0.4 is 0 Å². The number of nitrogens with zero attached hydrogens (tertiary/aromatic N) is 1. The minimum absolute atomic E-state index is 0.0505. The fourth-order valence-corrected chi connectivity index (χ4v) is 2.35. The number of cyclic esters (lactones) is 1. The Morgan fingerprint density at radius 2 is 1.95 bits per heavy atom. The Morgan fingerprint density at radius 1 is 1.26 bits per heavy atom. The lowest BCUT2D eigenvalue weighted by Crippen LogP contribution is -2.17. The van der Waals surface area contributed by atoms with Crippen molar-refractivity contribution in [3.8, 4) is 0 Å². The monoisotopic (exact) mass is 263 g/mol. The normalized spacial score (nSPS) is 24.2. The van der Waals surface area contributed by atoms with Gasteiger partial charge in [-0.15, -0.1) is 0 Å². The van der Waals surface area contributed by atoms with Gasteiger partial charge in [0.2, 0.25) is 0 Å². The molecule has 1 fully saturated rings. The number of nitro benzene ring substituents is 1. The number of hydrogen-bond donors (Lipinski definition) is 0. The molecule has 0 saturated carbocycles. The molecule has 2 rings (SSSR count). The molecule has 0 aliphatic carbocycles. The highest BCUT2D eigenvalue weighted by atomic mass is 16.6. The van der Waals surface area contributed by atoms with Gasteiger partial charge in [0.25, 0.3) is 5.69 Å². The summed E-state index contributed by atoms with van der Waals surface area (Å²) in [5.41, 5.74) is 0.878. The van der Waals surface area contributed by atoms with Gasteiger partial charge in [-0.1, -0.05) is 13.3 Å². The number of esters is 1. The van der Waals surface area contributed by atoms with Crippen LogP contribution in [0.1, 0.15) is 44.3 Å². The quantitative estimate of drug-likeness (QED) is 0.466. The summed E-state index contributed by atoms with van der Waals surface area (Å²) in [4.78, 5) is 21.8. The molecule has 2 atom stereocenters. The van der Waals surface area contributed by atoms with Crippen molar-refractivity contribution in [2.75, 3.05) is 0 Å². The fourth-order valence-electron chi connectivity index (χ4n) is 2.35. The van der Waals surface area contributed by atoms with E-state index in [0.717, 1.165) is 24.8 Å². The van der Waals surface area contributed by atoms with Gasteiger partial charge >= 0.3 is 5.97 Å². The van der Waals surface area contributed by atoms with Crippen molar-refractivity contribution in [1.29, 1.82) is 0 Å². The van der Waals surface area contributed by atoms with Crippen LogP contribution in [0.15, 0.2) is 24.3 Å². The van der Waals surface area contributed by atoms with Gasteiger partial charge in [-0.05, 0) is 36.5 Å². The standard InChI is InChI=1S/C14H17NO4/c1-10-3-2-4-13(19-14(16)9-10)11-5-7-12(8-6-11)15(17)18/h5-8,10,13H,2-4,9H2,1H3. The molecular formula is C14H17NO4. The predicted molar refractivity (Wildman–Crippen MR) is 69.6 cm³/mol. The topological polar surface area (TPSA) is 69.4 Å². The molecule has 0 amide bonds. The van der Waals surface area contributed by atoms with E-state index in [9.17, 15) is 14.9 Å². The average molecular weight is 263 g/mol. The molecule has 1 aliphatic heterocycles. The summed E-state index contributed by atoms with van der Waals surface area (Å²) in [7, 11) is 0. The third-order valence-corrected chi connectivity index (χ3v) is 3.43. The van der Waals surface area contributed by atoms with Crippen LogP contribution in [-0.2, 0) is 9.53 Å². The van der Waals surface area contributed by atoms with Gasteiger partial charge < -0.3 is 4.74 Å². The Kier molecular flexibility index (Phi) is 4.14. The summed E-state index contributed by atoms with van der Waals surface area (Å²) in [6.07, 6.45) is 2.95. The van der Waals surface area contributed by atoms with Crippen molar-refractivity contribution in [3.05, 3.63) is 39.9 Å².